The Hall–Kier alpha value is -1.29. The second kappa shape index (κ2) is 4.76. The van der Waals surface area contributed by atoms with Crippen LogP contribution in [0, 0.1) is 11.8 Å². The van der Waals surface area contributed by atoms with E-state index in [2.05, 4.69) is 34.3 Å². The van der Waals surface area contributed by atoms with E-state index in [1.807, 2.05) is 6.20 Å². The van der Waals surface area contributed by atoms with E-state index in [0.29, 0.717) is 11.9 Å². The Bertz CT molecular complexity index is 423. The molecule has 98 valence electrons. The van der Waals surface area contributed by atoms with E-state index in [4.69, 9.17) is 4.74 Å². The highest BCUT2D eigenvalue weighted by Crippen LogP contribution is 2.37. The van der Waals surface area contributed by atoms with E-state index in [1.54, 1.807) is 7.11 Å². The molecular formula is C14H21N3O. The summed E-state index contributed by atoms with van der Waals surface area (Å²) in [6, 6.07) is 4.80. The molecule has 4 nitrogen and oxygen atoms in total. The Labute approximate surface area is 108 Å². The average Bonchev–Trinajstić information content (AvgIpc) is 2.98. The van der Waals surface area contributed by atoms with Crippen molar-refractivity contribution in [3.63, 3.8) is 0 Å². The largest absolute Gasteiger partial charge is 0.481 e. The van der Waals surface area contributed by atoms with Gasteiger partial charge in [0.15, 0.2) is 0 Å². The highest BCUT2D eigenvalue weighted by atomic mass is 16.5. The van der Waals surface area contributed by atoms with Crippen LogP contribution in [0.15, 0.2) is 18.3 Å². The van der Waals surface area contributed by atoms with Gasteiger partial charge < -0.3 is 15.0 Å². The molecule has 1 N–H and O–H groups in total. The maximum Gasteiger partial charge on any atom is 0.214 e. The smallest absolute Gasteiger partial charge is 0.214 e. The lowest BCUT2D eigenvalue weighted by Gasteiger charge is -2.29. The van der Waals surface area contributed by atoms with E-state index in [9.17, 15) is 0 Å². The normalized spacial score (nSPS) is 30.6. The van der Waals surface area contributed by atoms with Crippen molar-refractivity contribution in [3.8, 4) is 5.88 Å². The fourth-order valence-corrected chi connectivity index (χ4v) is 3.53. The Morgan fingerprint density at radius 3 is 3.17 bits per heavy atom. The predicted molar refractivity (Wildman–Crippen MR) is 72.1 cm³/mol. The molecule has 0 spiro atoms. The third kappa shape index (κ3) is 1.85. The summed E-state index contributed by atoms with van der Waals surface area (Å²) in [5.74, 6) is 2.31. The molecule has 1 aromatic heterocycles. The van der Waals surface area contributed by atoms with Gasteiger partial charge in [-0.3, -0.25) is 0 Å². The first-order chi connectivity index (χ1) is 8.83. The van der Waals surface area contributed by atoms with Crippen LogP contribution in [-0.2, 0) is 0 Å². The lowest BCUT2D eigenvalue weighted by atomic mass is 9.93. The van der Waals surface area contributed by atoms with Crippen molar-refractivity contribution in [2.75, 3.05) is 31.6 Å². The van der Waals surface area contributed by atoms with Gasteiger partial charge in [-0.15, -0.1) is 0 Å². The summed E-state index contributed by atoms with van der Waals surface area (Å²) in [5, 5.41) is 3.52. The number of anilines is 1. The predicted octanol–water partition coefficient (Wildman–Crippen LogP) is 1.52. The minimum Gasteiger partial charge on any atom is -0.481 e. The number of ether oxygens (including phenoxy) is 1. The second-order valence-corrected chi connectivity index (χ2v) is 5.27. The molecule has 3 rings (SSSR count). The molecule has 4 heteroatoms. The van der Waals surface area contributed by atoms with E-state index >= 15 is 0 Å². The summed E-state index contributed by atoms with van der Waals surface area (Å²) >= 11 is 0. The zero-order valence-corrected chi connectivity index (χ0v) is 11.1. The van der Waals surface area contributed by atoms with Crippen molar-refractivity contribution in [2.45, 2.75) is 19.4 Å². The summed E-state index contributed by atoms with van der Waals surface area (Å²) in [4.78, 5) is 6.73. The van der Waals surface area contributed by atoms with Crippen molar-refractivity contribution in [1.29, 1.82) is 0 Å². The molecule has 0 aromatic carbocycles. The van der Waals surface area contributed by atoms with Crippen LogP contribution in [0.4, 0.5) is 5.69 Å². The van der Waals surface area contributed by atoms with E-state index in [1.165, 1.54) is 25.2 Å². The van der Waals surface area contributed by atoms with E-state index < -0.39 is 0 Å². The van der Waals surface area contributed by atoms with Crippen molar-refractivity contribution >= 4 is 5.69 Å². The monoisotopic (exact) mass is 247 g/mol. The van der Waals surface area contributed by atoms with Crippen molar-refractivity contribution < 1.29 is 4.74 Å². The molecule has 3 unspecified atom stereocenters. The fraction of sp³-hybridized carbons (Fsp3) is 0.643. The summed E-state index contributed by atoms with van der Waals surface area (Å²) in [5.41, 5.74) is 1.25. The zero-order valence-electron chi connectivity index (χ0n) is 11.1. The van der Waals surface area contributed by atoms with Crippen molar-refractivity contribution in [3.05, 3.63) is 18.3 Å². The molecule has 2 aliphatic heterocycles. The highest BCUT2D eigenvalue weighted by molar-refractivity contribution is 5.51. The highest BCUT2D eigenvalue weighted by Gasteiger charge is 2.43. The van der Waals surface area contributed by atoms with Crippen LogP contribution in [0.5, 0.6) is 5.88 Å². The SMILES string of the molecule is CCC1C2CNCC2CN1c1ccnc(OC)c1. The number of methoxy groups -OCH3 is 1. The number of hydrogen-bond donors (Lipinski definition) is 1. The Morgan fingerprint density at radius 1 is 1.50 bits per heavy atom. The molecule has 2 fully saturated rings. The molecule has 0 aliphatic carbocycles. The fourth-order valence-electron chi connectivity index (χ4n) is 3.53. The molecule has 18 heavy (non-hydrogen) atoms. The number of rotatable bonds is 3. The second-order valence-electron chi connectivity index (χ2n) is 5.27. The van der Waals surface area contributed by atoms with Crippen LogP contribution in [0.3, 0.4) is 0 Å². The first kappa shape index (κ1) is 11.8. The van der Waals surface area contributed by atoms with Gasteiger partial charge in [-0.2, -0.15) is 0 Å². The van der Waals surface area contributed by atoms with Gasteiger partial charge >= 0.3 is 0 Å². The van der Waals surface area contributed by atoms with Gasteiger partial charge in [-0.05, 0) is 24.3 Å². The molecule has 2 saturated heterocycles. The van der Waals surface area contributed by atoms with Crippen LogP contribution >= 0.6 is 0 Å². The zero-order chi connectivity index (χ0) is 12.5. The van der Waals surface area contributed by atoms with Gasteiger partial charge in [0.25, 0.3) is 0 Å². The minimum absolute atomic E-state index is 0.650. The maximum atomic E-state index is 5.23. The van der Waals surface area contributed by atoms with E-state index in [-0.39, 0.29) is 0 Å². The van der Waals surface area contributed by atoms with Crippen LogP contribution in [-0.4, -0.2) is 37.8 Å². The maximum absolute atomic E-state index is 5.23. The Morgan fingerprint density at radius 2 is 2.39 bits per heavy atom. The van der Waals surface area contributed by atoms with Crippen molar-refractivity contribution in [1.82, 2.24) is 10.3 Å². The minimum atomic E-state index is 0.650. The quantitative estimate of drug-likeness (QED) is 0.879. The molecule has 2 aliphatic rings. The summed E-state index contributed by atoms with van der Waals surface area (Å²) in [7, 11) is 1.67. The summed E-state index contributed by atoms with van der Waals surface area (Å²) < 4.78 is 5.23. The number of nitrogens with zero attached hydrogens (tertiary/aromatic N) is 2. The number of fused-ring (bicyclic) bond motifs is 1. The molecule has 0 amide bonds. The van der Waals surface area contributed by atoms with Gasteiger partial charge in [0.1, 0.15) is 0 Å². The Kier molecular flexibility index (Phi) is 3.12. The topological polar surface area (TPSA) is 37.4 Å². The van der Waals surface area contributed by atoms with Gasteiger partial charge in [0, 0.05) is 43.6 Å². The van der Waals surface area contributed by atoms with Gasteiger partial charge in [-0.1, -0.05) is 6.92 Å². The first-order valence-electron chi connectivity index (χ1n) is 6.81. The molecule has 1 aromatic rings. The van der Waals surface area contributed by atoms with Gasteiger partial charge in [0.2, 0.25) is 5.88 Å². The molecule has 0 radical (unpaired) electrons. The average molecular weight is 247 g/mol. The van der Waals surface area contributed by atoms with Crippen LogP contribution < -0.4 is 15.0 Å². The number of nitrogens with one attached hydrogen (secondary N) is 1. The number of hydrogen-bond acceptors (Lipinski definition) is 4. The van der Waals surface area contributed by atoms with Crippen LogP contribution in [0.1, 0.15) is 13.3 Å². The standard InChI is InChI=1S/C14H21N3O/c1-3-13-12-8-15-7-10(12)9-17(13)11-4-5-16-14(6-11)18-2/h4-6,10,12-13,15H,3,7-9H2,1-2H3. The summed E-state index contributed by atoms with van der Waals surface area (Å²) in [6.07, 6.45) is 3.04. The molecule has 3 heterocycles. The molecule has 0 saturated carbocycles. The molecule has 0 bridgehead atoms. The lowest BCUT2D eigenvalue weighted by Crippen LogP contribution is -2.35. The van der Waals surface area contributed by atoms with Gasteiger partial charge in [0.05, 0.1) is 7.11 Å². The van der Waals surface area contributed by atoms with Crippen LogP contribution in [0.25, 0.3) is 0 Å². The third-order valence-electron chi connectivity index (χ3n) is 4.40. The molecular weight excluding hydrogens is 226 g/mol. The first-order valence-corrected chi connectivity index (χ1v) is 6.81. The van der Waals surface area contributed by atoms with Gasteiger partial charge in [-0.25, -0.2) is 4.98 Å². The lowest BCUT2D eigenvalue weighted by molar-refractivity contribution is 0.397. The number of aromatic nitrogens is 1. The number of pyridine rings is 1. The Balaban J connectivity index is 1.86. The summed E-state index contributed by atoms with van der Waals surface area (Å²) in [6.45, 7) is 5.78. The third-order valence-corrected chi connectivity index (χ3v) is 4.40. The van der Waals surface area contributed by atoms with E-state index in [0.717, 1.165) is 18.4 Å². The van der Waals surface area contributed by atoms with Crippen LogP contribution in [0.2, 0.25) is 0 Å². The molecule has 3 atom stereocenters. The van der Waals surface area contributed by atoms with Crippen molar-refractivity contribution in [2.24, 2.45) is 11.8 Å².